The van der Waals surface area contributed by atoms with E-state index in [1.54, 1.807) is 0 Å². The van der Waals surface area contributed by atoms with Crippen molar-refractivity contribution in [1.82, 2.24) is 0 Å². The monoisotopic (exact) mass is 1420 g/mol. The third-order valence-corrected chi connectivity index (χ3v) is 20.3. The van der Waals surface area contributed by atoms with E-state index in [-0.39, 0.29) is 25.7 Å². The quantitative estimate of drug-likeness (QED) is 0.0222. The van der Waals surface area contributed by atoms with Crippen LogP contribution in [-0.2, 0) is 65.4 Å². The normalized spacial score (nSPS) is 14.4. The average Bonchev–Trinajstić information content (AvgIpc) is 1.78. The number of esters is 4. The number of aliphatic hydroxyl groups is 1. The Balaban J connectivity index is 5.23. The molecule has 0 saturated heterocycles. The molecule has 0 fully saturated rings. The minimum absolute atomic E-state index is 0.106. The molecule has 0 amide bonds. The van der Waals surface area contributed by atoms with Crippen molar-refractivity contribution < 1.29 is 80.2 Å². The van der Waals surface area contributed by atoms with Gasteiger partial charge in [-0.3, -0.25) is 37.3 Å². The van der Waals surface area contributed by atoms with E-state index in [1.165, 1.54) is 193 Å². The summed E-state index contributed by atoms with van der Waals surface area (Å²) in [6.07, 6.45) is 52.7. The van der Waals surface area contributed by atoms with Crippen molar-refractivity contribution >= 4 is 39.5 Å². The van der Waals surface area contributed by atoms with E-state index in [0.717, 1.165) is 120 Å². The van der Waals surface area contributed by atoms with Gasteiger partial charge in [-0.25, -0.2) is 9.13 Å². The first-order valence-corrected chi connectivity index (χ1v) is 43.2. The minimum Gasteiger partial charge on any atom is -0.462 e. The van der Waals surface area contributed by atoms with E-state index in [2.05, 4.69) is 55.4 Å². The van der Waals surface area contributed by atoms with Gasteiger partial charge in [-0.2, -0.15) is 0 Å². The lowest BCUT2D eigenvalue weighted by Crippen LogP contribution is -2.30. The maximum atomic E-state index is 13.1. The van der Waals surface area contributed by atoms with Gasteiger partial charge in [0.2, 0.25) is 0 Å². The van der Waals surface area contributed by atoms with Gasteiger partial charge in [-0.1, -0.05) is 344 Å². The molecule has 3 N–H and O–H groups in total. The van der Waals surface area contributed by atoms with Crippen LogP contribution in [0.1, 0.15) is 396 Å². The molecule has 0 aromatic heterocycles. The summed E-state index contributed by atoms with van der Waals surface area (Å²) in [7, 11) is -9.92. The fourth-order valence-electron chi connectivity index (χ4n) is 11.9. The lowest BCUT2D eigenvalue weighted by Gasteiger charge is -2.21. The number of phosphoric acid groups is 2. The second-order valence-corrected chi connectivity index (χ2v) is 32.7. The van der Waals surface area contributed by atoms with Crippen molar-refractivity contribution in [1.29, 1.82) is 0 Å². The summed E-state index contributed by atoms with van der Waals surface area (Å²) >= 11 is 0. The van der Waals surface area contributed by atoms with E-state index in [9.17, 15) is 43.2 Å². The van der Waals surface area contributed by atoms with Gasteiger partial charge in [-0.15, -0.1) is 0 Å². The molecule has 0 aliphatic rings. The van der Waals surface area contributed by atoms with Gasteiger partial charge < -0.3 is 33.8 Å². The number of hydrogen-bond donors (Lipinski definition) is 3. The number of rotatable bonds is 75. The highest BCUT2D eigenvalue weighted by atomic mass is 31.2. The molecule has 19 heteroatoms. The first-order chi connectivity index (χ1) is 46.6. The Hall–Kier alpha value is -1.94. The van der Waals surface area contributed by atoms with Gasteiger partial charge in [0.25, 0.3) is 0 Å². The summed E-state index contributed by atoms with van der Waals surface area (Å²) in [5.41, 5.74) is 0. The summed E-state index contributed by atoms with van der Waals surface area (Å²) < 4.78 is 68.6. The smallest absolute Gasteiger partial charge is 0.462 e. The molecular formula is C78H152O17P2. The van der Waals surface area contributed by atoms with E-state index in [1.807, 2.05) is 0 Å². The molecule has 3 unspecified atom stereocenters. The highest BCUT2D eigenvalue weighted by Crippen LogP contribution is 2.45. The zero-order valence-electron chi connectivity index (χ0n) is 63.7. The van der Waals surface area contributed by atoms with Crippen LogP contribution in [0.15, 0.2) is 0 Å². The topological polar surface area (TPSA) is 237 Å². The number of phosphoric ester groups is 2. The van der Waals surface area contributed by atoms with E-state index >= 15 is 0 Å². The molecule has 576 valence electrons. The third kappa shape index (κ3) is 70.9. The van der Waals surface area contributed by atoms with Gasteiger partial charge in [0.15, 0.2) is 12.2 Å². The second kappa shape index (κ2) is 67.2. The fourth-order valence-corrected chi connectivity index (χ4v) is 13.5. The number of carbonyl (C=O) groups excluding carboxylic acids is 4. The minimum atomic E-state index is -4.96. The van der Waals surface area contributed by atoms with Crippen LogP contribution in [0.25, 0.3) is 0 Å². The van der Waals surface area contributed by atoms with Crippen LogP contribution in [0.2, 0.25) is 0 Å². The predicted molar refractivity (Wildman–Crippen MR) is 395 cm³/mol. The first kappa shape index (κ1) is 95.1. The number of carbonyl (C=O) groups is 4. The highest BCUT2D eigenvalue weighted by molar-refractivity contribution is 7.47. The summed E-state index contributed by atoms with van der Waals surface area (Å²) in [6, 6.07) is 0. The molecular weight excluding hydrogens is 1270 g/mol. The zero-order valence-corrected chi connectivity index (χ0v) is 65.5. The van der Waals surface area contributed by atoms with Crippen molar-refractivity contribution in [2.45, 2.75) is 414 Å². The van der Waals surface area contributed by atoms with E-state index in [0.29, 0.717) is 25.7 Å². The Morgan fingerprint density at radius 2 is 0.495 bits per heavy atom. The molecule has 0 aliphatic heterocycles. The van der Waals surface area contributed by atoms with Crippen LogP contribution >= 0.6 is 15.6 Å². The highest BCUT2D eigenvalue weighted by Gasteiger charge is 2.30. The van der Waals surface area contributed by atoms with Gasteiger partial charge in [0.1, 0.15) is 19.3 Å². The molecule has 0 rings (SSSR count). The maximum Gasteiger partial charge on any atom is 0.472 e. The molecule has 0 aromatic rings. The Morgan fingerprint density at radius 1 is 0.289 bits per heavy atom. The summed E-state index contributed by atoms with van der Waals surface area (Å²) in [5, 5.41) is 10.6. The van der Waals surface area contributed by atoms with E-state index < -0.39 is 97.5 Å². The molecule has 6 atom stereocenters. The molecule has 0 radical (unpaired) electrons. The number of aliphatic hydroxyl groups excluding tert-OH is 1. The third-order valence-electron chi connectivity index (χ3n) is 18.4. The van der Waals surface area contributed by atoms with Crippen LogP contribution in [0.4, 0.5) is 0 Å². The first-order valence-electron chi connectivity index (χ1n) is 40.2. The zero-order chi connectivity index (χ0) is 71.7. The molecule has 0 saturated carbocycles. The summed E-state index contributed by atoms with van der Waals surface area (Å²) in [6.45, 7) is 14.2. The molecule has 0 spiro atoms. The summed E-state index contributed by atoms with van der Waals surface area (Å²) in [4.78, 5) is 72.9. The van der Waals surface area contributed by atoms with Crippen LogP contribution in [-0.4, -0.2) is 96.7 Å². The van der Waals surface area contributed by atoms with Crippen molar-refractivity contribution in [2.75, 3.05) is 39.6 Å². The van der Waals surface area contributed by atoms with E-state index in [4.69, 9.17) is 37.0 Å². The van der Waals surface area contributed by atoms with Gasteiger partial charge in [0.05, 0.1) is 26.4 Å². The predicted octanol–water partition coefficient (Wildman–Crippen LogP) is 22.8. The standard InChI is InChI=1S/C78H152O17P2/c1-9-71(8)57-49-41-36-37-43-51-59-76(81)89-65-74(95-78(83)61-52-44-34-27-21-17-12-10-11-15-19-24-30-38-46-54-68(2)3)67-93-97(86,87)91-63-72(79)62-90-96(84,85)92-66-73(64-88-75(80)58-50-42-33-29-23-26-32-40-48-56-70(6)7)94-77(82)60-53-45-35-28-22-18-14-13-16-20-25-31-39-47-55-69(4)5/h68-74,79H,9-67H2,1-8H3,(H,84,85)(H,86,87)/t71?,72-,73-,74-/m1/s1. The Labute approximate surface area is 594 Å². The number of ether oxygens (including phenoxy) is 4. The van der Waals surface area contributed by atoms with Crippen LogP contribution in [0, 0.1) is 23.7 Å². The maximum absolute atomic E-state index is 13.1. The molecule has 97 heavy (non-hydrogen) atoms. The lowest BCUT2D eigenvalue weighted by molar-refractivity contribution is -0.161. The van der Waals surface area contributed by atoms with Crippen LogP contribution in [0.3, 0.4) is 0 Å². The van der Waals surface area contributed by atoms with Gasteiger partial charge in [-0.05, 0) is 49.4 Å². The average molecular weight is 1420 g/mol. The second-order valence-electron chi connectivity index (χ2n) is 29.8. The molecule has 0 bridgehead atoms. The molecule has 0 heterocycles. The van der Waals surface area contributed by atoms with Crippen molar-refractivity contribution in [3.8, 4) is 0 Å². The number of unbranched alkanes of at least 4 members (excludes halogenated alkanes) is 40. The van der Waals surface area contributed by atoms with Crippen LogP contribution < -0.4 is 0 Å². The largest absolute Gasteiger partial charge is 0.472 e. The van der Waals surface area contributed by atoms with Crippen LogP contribution in [0.5, 0.6) is 0 Å². The molecule has 0 aliphatic carbocycles. The number of hydrogen-bond acceptors (Lipinski definition) is 15. The van der Waals surface area contributed by atoms with Crippen molar-refractivity contribution in [3.05, 3.63) is 0 Å². The lowest BCUT2D eigenvalue weighted by atomic mass is 10.00. The van der Waals surface area contributed by atoms with Crippen molar-refractivity contribution in [3.63, 3.8) is 0 Å². The Bertz CT molecular complexity index is 1900. The summed E-state index contributed by atoms with van der Waals surface area (Å²) in [5.74, 6) is 0.953. The van der Waals surface area contributed by atoms with Crippen molar-refractivity contribution in [2.24, 2.45) is 23.7 Å². The molecule has 17 nitrogen and oxygen atoms in total. The fraction of sp³-hybridized carbons (Fsp3) is 0.949. The SMILES string of the molecule is CCC(C)CCCCCCCCC(=O)OC[C@H](COP(=O)(O)OC[C@H](O)COP(=O)(O)OC[C@@H](COC(=O)CCCCCCCCCCCC(C)C)OC(=O)CCCCCCCCCCCCCCCCC(C)C)OC(=O)CCCCCCCCCCCCCCCCCC(C)C. The van der Waals surface area contributed by atoms with Gasteiger partial charge in [0, 0.05) is 25.7 Å². The molecule has 0 aromatic carbocycles. The Morgan fingerprint density at radius 3 is 0.732 bits per heavy atom. The van der Waals surface area contributed by atoms with Gasteiger partial charge >= 0.3 is 39.5 Å². The Kier molecular flexibility index (Phi) is 65.9.